The number of halogens is 3. The van der Waals surface area contributed by atoms with Crippen LogP contribution in [-0.2, 0) is 25.3 Å². The number of rotatable bonds is 9. The Kier molecular flexibility index (Phi) is 7.63. The number of amides is 3. The van der Waals surface area contributed by atoms with Crippen molar-refractivity contribution in [3.63, 3.8) is 0 Å². The topological polar surface area (TPSA) is 105 Å². The summed E-state index contributed by atoms with van der Waals surface area (Å²) in [5.41, 5.74) is 4.01. The van der Waals surface area contributed by atoms with Gasteiger partial charge in [0.05, 0.1) is 17.9 Å². The van der Waals surface area contributed by atoms with E-state index in [4.69, 9.17) is 10.5 Å². The van der Waals surface area contributed by atoms with E-state index in [-0.39, 0.29) is 37.1 Å². The van der Waals surface area contributed by atoms with Crippen LogP contribution in [-0.4, -0.2) is 61.5 Å². The van der Waals surface area contributed by atoms with Crippen LogP contribution in [0.15, 0.2) is 18.2 Å². The molecule has 1 saturated carbocycles. The molecule has 8 nitrogen and oxygen atoms in total. The standard InChI is InChI=1S/C22H29F3N4O4/c1-13(2)10-28(11-14-3-4-14)19(20(26)31)21(32)27-15-5-6-17(16(9-15)22(23,24)25)29-7-8-33-12-18(29)30/h5-6,9,13-14,19H,3-4,7-8,10-12H2,1-2H3,(H2,26,31)(H,27,32)/t19-/m1/s1. The molecule has 1 aromatic carbocycles. The number of nitrogens with zero attached hydrogens (tertiary/aromatic N) is 2. The lowest BCUT2D eigenvalue weighted by Crippen LogP contribution is -2.53. The fourth-order valence-corrected chi connectivity index (χ4v) is 3.92. The summed E-state index contributed by atoms with van der Waals surface area (Å²) in [5, 5.41) is 2.42. The van der Waals surface area contributed by atoms with Gasteiger partial charge in [0.25, 0.3) is 11.8 Å². The maximum Gasteiger partial charge on any atom is 0.418 e. The number of alkyl halides is 3. The summed E-state index contributed by atoms with van der Waals surface area (Å²) in [6.45, 7) is 4.66. The minimum atomic E-state index is -4.77. The molecule has 182 valence electrons. The number of ether oxygens (including phenoxy) is 1. The maximum absolute atomic E-state index is 13.8. The molecule has 3 amide bonds. The van der Waals surface area contributed by atoms with Gasteiger partial charge in [-0.3, -0.25) is 19.3 Å². The first-order valence-electron chi connectivity index (χ1n) is 10.9. The van der Waals surface area contributed by atoms with Crippen LogP contribution in [0.2, 0.25) is 0 Å². The highest BCUT2D eigenvalue weighted by molar-refractivity contribution is 6.09. The lowest BCUT2D eigenvalue weighted by molar-refractivity contribution is -0.138. The molecule has 2 aliphatic rings. The highest BCUT2D eigenvalue weighted by atomic mass is 19.4. The van der Waals surface area contributed by atoms with Gasteiger partial charge < -0.3 is 20.7 Å². The average Bonchev–Trinajstić information content (AvgIpc) is 3.51. The summed E-state index contributed by atoms with van der Waals surface area (Å²) in [6, 6.07) is 1.87. The first-order valence-corrected chi connectivity index (χ1v) is 10.9. The molecule has 33 heavy (non-hydrogen) atoms. The second kappa shape index (κ2) is 10.1. The van der Waals surface area contributed by atoms with Gasteiger partial charge >= 0.3 is 6.18 Å². The minimum Gasteiger partial charge on any atom is -0.370 e. The van der Waals surface area contributed by atoms with Crippen molar-refractivity contribution in [1.29, 1.82) is 0 Å². The second-order valence-corrected chi connectivity index (χ2v) is 8.91. The number of benzene rings is 1. The molecule has 1 aromatic rings. The first-order chi connectivity index (χ1) is 15.5. The van der Waals surface area contributed by atoms with Gasteiger partial charge in [0.15, 0.2) is 6.04 Å². The Hall–Kier alpha value is -2.66. The minimum absolute atomic E-state index is 0.0112. The fourth-order valence-electron chi connectivity index (χ4n) is 3.92. The molecule has 1 heterocycles. The fraction of sp³-hybridized carbons (Fsp3) is 0.591. The number of nitrogens with two attached hydrogens (primary N) is 1. The van der Waals surface area contributed by atoms with Gasteiger partial charge in [-0.1, -0.05) is 13.8 Å². The van der Waals surface area contributed by atoms with Crippen LogP contribution in [0.1, 0.15) is 32.3 Å². The molecule has 0 bridgehead atoms. The van der Waals surface area contributed by atoms with E-state index in [1.54, 1.807) is 4.90 Å². The van der Waals surface area contributed by atoms with Crippen LogP contribution in [0.4, 0.5) is 24.5 Å². The second-order valence-electron chi connectivity index (χ2n) is 8.91. The smallest absolute Gasteiger partial charge is 0.370 e. The van der Waals surface area contributed by atoms with Gasteiger partial charge in [-0.05, 0) is 42.9 Å². The number of carbonyl (C=O) groups excluding carboxylic acids is 3. The van der Waals surface area contributed by atoms with Crippen molar-refractivity contribution in [3.05, 3.63) is 23.8 Å². The molecule has 0 aromatic heterocycles. The molecular formula is C22H29F3N4O4. The number of carbonyl (C=O) groups is 3. The average molecular weight is 470 g/mol. The van der Waals surface area contributed by atoms with Crippen molar-refractivity contribution in [3.8, 4) is 0 Å². The highest BCUT2D eigenvalue weighted by Gasteiger charge is 2.38. The van der Waals surface area contributed by atoms with E-state index < -0.39 is 35.5 Å². The highest BCUT2D eigenvalue weighted by Crippen LogP contribution is 2.39. The number of hydrogen-bond acceptors (Lipinski definition) is 5. The molecule has 1 atom stereocenters. The van der Waals surface area contributed by atoms with Gasteiger partial charge in [0.1, 0.15) is 6.61 Å². The van der Waals surface area contributed by atoms with Gasteiger partial charge in [-0.25, -0.2) is 0 Å². The molecule has 1 aliphatic heterocycles. The summed E-state index contributed by atoms with van der Waals surface area (Å²) in [7, 11) is 0. The number of hydrogen-bond donors (Lipinski definition) is 2. The Morgan fingerprint density at radius 3 is 2.55 bits per heavy atom. The van der Waals surface area contributed by atoms with Gasteiger partial charge in [-0.15, -0.1) is 0 Å². The zero-order chi connectivity index (χ0) is 24.3. The third-order valence-corrected chi connectivity index (χ3v) is 5.52. The van der Waals surface area contributed by atoms with Crippen molar-refractivity contribution in [2.24, 2.45) is 17.6 Å². The van der Waals surface area contributed by atoms with Crippen molar-refractivity contribution in [2.45, 2.75) is 38.9 Å². The Morgan fingerprint density at radius 1 is 1.30 bits per heavy atom. The third kappa shape index (κ3) is 6.44. The number of anilines is 2. The first kappa shape index (κ1) is 25.0. The van der Waals surface area contributed by atoms with Gasteiger partial charge in [0, 0.05) is 25.3 Å². The normalized spacial score (nSPS) is 18.0. The quantitative estimate of drug-likeness (QED) is 0.539. The van der Waals surface area contributed by atoms with E-state index in [2.05, 4.69) is 5.32 Å². The van der Waals surface area contributed by atoms with E-state index in [1.165, 1.54) is 6.07 Å². The van der Waals surface area contributed by atoms with Crippen molar-refractivity contribution in [2.75, 3.05) is 43.1 Å². The molecule has 0 unspecified atom stereocenters. The predicted octanol–water partition coefficient (Wildman–Crippen LogP) is 2.23. The number of morpholine rings is 1. The molecule has 3 N–H and O–H groups in total. The summed E-state index contributed by atoms with van der Waals surface area (Å²) in [5.74, 6) is -1.70. The molecular weight excluding hydrogens is 441 g/mol. The SMILES string of the molecule is CC(C)CN(CC1CC1)[C@H](C(N)=O)C(=O)Nc1ccc(N2CCOCC2=O)c(C(F)(F)F)c1. The molecule has 1 aliphatic carbocycles. The Bertz CT molecular complexity index is 898. The zero-order valence-corrected chi connectivity index (χ0v) is 18.7. The van der Waals surface area contributed by atoms with Crippen LogP contribution in [0, 0.1) is 11.8 Å². The molecule has 0 spiro atoms. The zero-order valence-electron chi connectivity index (χ0n) is 18.7. The largest absolute Gasteiger partial charge is 0.418 e. The summed E-state index contributed by atoms with van der Waals surface area (Å²) in [4.78, 5) is 39.9. The van der Waals surface area contributed by atoms with Gasteiger partial charge in [-0.2, -0.15) is 13.2 Å². The molecule has 11 heteroatoms. The summed E-state index contributed by atoms with van der Waals surface area (Å²) in [6.07, 6.45) is -2.77. The van der Waals surface area contributed by atoms with Crippen molar-refractivity contribution in [1.82, 2.24) is 4.90 Å². The van der Waals surface area contributed by atoms with E-state index in [1.807, 2.05) is 13.8 Å². The van der Waals surface area contributed by atoms with E-state index >= 15 is 0 Å². The van der Waals surface area contributed by atoms with E-state index in [9.17, 15) is 27.6 Å². The Morgan fingerprint density at radius 2 is 2.00 bits per heavy atom. The molecule has 3 rings (SSSR count). The maximum atomic E-state index is 13.8. The molecule has 0 radical (unpaired) electrons. The van der Waals surface area contributed by atoms with Crippen LogP contribution in [0.25, 0.3) is 0 Å². The lowest BCUT2D eigenvalue weighted by atomic mass is 10.1. The summed E-state index contributed by atoms with van der Waals surface area (Å²) >= 11 is 0. The predicted molar refractivity (Wildman–Crippen MR) is 115 cm³/mol. The van der Waals surface area contributed by atoms with Crippen LogP contribution in [0.5, 0.6) is 0 Å². The van der Waals surface area contributed by atoms with Crippen LogP contribution in [0.3, 0.4) is 0 Å². The summed E-state index contributed by atoms with van der Waals surface area (Å²) < 4.78 is 46.4. The van der Waals surface area contributed by atoms with E-state index in [0.29, 0.717) is 19.0 Å². The number of primary amides is 1. The number of nitrogens with one attached hydrogen (secondary N) is 1. The van der Waals surface area contributed by atoms with Crippen molar-refractivity contribution < 1.29 is 32.3 Å². The molecule has 1 saturated heterocycles. The Balaban J connectivity index is 1.86. The monoisotopic (exact) mass is 470 g/mol. The van der Waals surface area contributed by atoms with Crippen LogP contribution >= 0.6 is 0 Å². The third-order valence-electron chi connectivity index (χ3n) is 5.52. The van der Waals surface area contributed by atoms with Crippen LogP contribution < -0.4 is 16.0 Å². The lowest BCUT2D eigenvalue weighted by Gasteiger charge is -2.31. The molecule has 2 fully saturated rings. The van der Waals surface area contributed by atoms with E-state index in [0.717, 1.165) is 29.9 Å². The van der Waals surface area contributed by atoms with Crippen molar-refractivity contribution >= 4 is 29.1 Å². The Labute approximate surface area is 190 Å². The van der Waals surface area contributed by atoms with Gasteiger partial charge in [0.2, 0.25) is 5.91 Å².